The maximum atomic E-state index is 13.5. The molecule has 3 heterocycles. The summed E-state index contributed by atoms with van der Waals surface area (Å²) in [6.45, 7) is 4.93. The normalized spacial score (nSPS) is 19.1. The van der Waals surface area contributed by atoms with Gasteiger partial charge in [0.05, 0.1) is 9.85 Å². The minimum atomic E-state index is -0.479. The van der Waals surface area contributed by atoms with E-state index in [1.807, 2.05) is 48.4 Å². The topological polar surface area (TPSA) is 92.4 Å². The average Bonchev–Trinajstić information content (AvgIpc) is 3.22. The highest BCUT2D eigenvalue weighted by Crippen LogP contribution is 2.26. The molecule has 1 aromatic carbocycles. The minimum Gasteiger partial charge on any atom is -0.383 e. The van der Waals surface area contributed by atoms with Gasteiger partial charge < -0.3 is 15.5 Å². The third-order valence-corrected chi connectivity index (χ3v) is 6.98. The summed E-state index contributed by atoms with van der Waals surface area (Å²) < 4.78 is 0.672. The Hall–Kier alpha value is -2.97. The summed E-state index contributed by atoms with van der Waals surface area (Å²) in [4.78, 5) is 38.4. The molecule has 172 valence electrons. The largest absolute Gasteiger partial charge is 0.383 e. The molecule has 2 aromatic heterocycles. The summed E-state index contributed by atoms with van der Waals surface area (Å²) in [5, 5.41) is 2.68. The van der Waals surface area contributed by atoms with Crippen LogP contribution in [0, 0.1) is 0 Å². The number of piperazine rings is 1. The first-order chi connectivity index (χ1) is 15.9. The first kappa shape index (κ1) is 23.2. The number of nitrogens with zero attached hydrogens (tertiary/aromatic N) is 4. The van der Waals surface area contributed by atoms with Crippen LogP contribution in [0.15, 0.2) is 42.0 Å². The molecule has 33 heavy (non-hydrogen) atoms. The Bertz CT molecular complexity index is 1210. The first-order valence-electron chi connectivity index (χ1n) is 10.9. The third-order valence-electron chi connectivity index (χ3n) is 5.87. The van der Waals surface area contributed by atoms with Gasteiger partial charge >= 0.3 is 0 Å². The van der Waals surface area contributed by atoms with Crippen LogP contribution in [0.4, 0.5) is 5.82 Å². The molecule has 2 atom stereocenters. The Morgan fingerprint density at radius 1 is 1.33 bits per heavy atom. The van der Waals surface area contributed by atoms with Crippen molar-refractivity contribution in [3.05, 3.63) is 57.5 Å². The molecule has 1 saturated heterocycles. The number of hydrogen-bond acceptors (Lipinski definition) is 6. The Kier molecular flexibility index (Phi) is 6.95. The summed E-state index contributed by atoms with van der Waals surface area (Å²) in [7, 11) is 0. The molecule has 1 fully saturated rings. The Balaban J connectivity index is 1.53. The molecule has 1 aliphatic heterocycles. The second kappa shape index (κ2) is 9.89. The van der Waals surface area contributed by atoms with Crippen LogP contribution in [0.1, 0.15) is 37.8 Å². The lowest BCUT2D eigenvalue weighted by atomic mass is 10.0. The molecule has 7 nitrogen and oxygen atoms in total. The van der Waals surface area contributed by atoms with Crippen molar-refractivity contribution >= 4 is 57.5 Å². The fraction of sp³-hybridized carbons (Fsp3) is 0.333. The van der Waals surface area contributed by atoms with Gasteiger partial charge in [-0.25, -0.2) is 9.97 Å². The standard InChI is InChI=1S/C24H26ClN5O2S/c1-3-4-20-24(32)29(12-16-5-7-18-19(9-16)27-14-28-23(18)26)15(2)11-30(20)22(31)8-6-17-10-21(25)33-13-17/h5-10,13-15,20H,3-4,11-12H2,1-2H3,(H2,26,27,28). The fourth-order valence-corrected chi connectivity index (χ4v) is 5.03. The lowest BCUT2D eigenvalue weighted by Gasteiger charge is -2.44. The van der Waals surface area contributed by atoms with Gasteiger partial charge in [0.25, 0.3) is 0 Å². The number of nitrogen functional groups attached to an aromatic ring is 1. The van der Waals surface area contributed by atoms with Gasteiger partial charge in [0, 0.05) is 30.6 Å². The Morgan fingerprint density at radius 3 is 2.88 bits per heavy atom. The highest BCUT2D eigenvalue weighted by molar-refractivity contribution is 7.14. The van der Waals surface area contributed by atoms with E-state index in [-0.39, 0.29) is 17.9 Å². The maximum absolute atomic E-state index is 13.5. The van der Waals surface area contributed by atoms with Crippen LogP contribution in [-0.2, 0) is 16.1 Å². The van der Waals surface area contributed by atoms with Gasteiger partial charge in [-0.15, -0.1) is 11.3 Å². The van der Waals surface area contributed by atoms with Gasteiger partial charge in [-0.1, -0.05) is 31.0 Å². The smallest absolute Gasteiger partial charge is 0.247 e. The van der Waals surface area contributed by atoms with Gasteiger partial charge in [-0.3, -0.25) is 9.59 Å². The van der Waals surface area contributed by atoms with Crippen LogP contribution >= 0.6 is 22.9 Å². The molecular formula is C24H26ClN5O2S. The molecule has 4 rings (SSSR count). The van der Waals surface area contributed by atoms with Gasteiger partial charge in [-0.05, 0) is 54.1 Å². The van der Waals surface area contributed by atoms with Gasteiger partial charge in [0.1, 0.15) is 18.2 Å². The number of rotatable bonds is 6. The fourth-order valence-electron chi connectivity index (χ4n) is 4.18. The number of anilines is 1. The third kappa shape index (κ3) is 5.02. The summed E-state index contributed by atoms with van der Waals surface area (Å²) in [6, 6.07) is 6.99. The van der Waals surface area contributed by atoms with Gasteiger partial charge in [0.15, 0.2) is 0 Å². The van der Waals surface area contributed by atoms with Crippen molar-refractivity contribution in [2.45, 2.75) is 45.3 Å². The van der Waals surface area contributed by atoms with Crippen LogP contribution in [0.3, 0.4) is 0 Å². The van der Waals surface area contributed by atoms with Crippen molar-refractivity contribution in [2.75, 3.05) is 12.3 Å². The van der Waals surface area contributed by atoms with Gasteiger partial charge in [0.2, 0.25) is 11.8 Å². The van der Waals surface area contributed by atoms with E-state index in [1.54, 1.807) is 11.0 Å². The SMILES string of the molecule is CCCC1C(=O)N(Cc2ccc3c(N)ncnc3c2)C(C)CN1C(=O)C=Cc1csc(Cl)c1. The molecule has 0 aliphatic carbocycles. The van der Waals surface area contributed by atoms with E-state index in [1.165, 1.54) is 23.7 Å². The molecule has 0 spiro atoms. The van der Waals surface area contributed by atoms with E-state index < -0.39 is 6.04 Å². The average molecular weight is 484 g/mol. The minimum absolute atomic E-state index is 0.0294. The number of carbonyl (C=O) groups excluding carboxylic acids is 2. The lowest BCUT2D eigenvalue weighted by molar-refractivity contribution is -0.153. The molecule has 2 amide bonds. The van der Waals surface area contributed by atoms with E-state index >= 15 is 0 Å². The van der Waals surface area contributed by atoms with Crippen molar-refractivity contribution in [3.63, 3.8) is 0 Å². The highest BCUT2D eigenvalue weighted by atomic mass is 35.5. The number of halogens is 1. The highest BCUT2D eigenvalue weighted by Gasteiger charge is 2.39. The zero-order chi connectivity index (χ0) is 23.5. The van der Waals surface area contributed by atoms with E-state index in [0.29, 0.717) is 29.7 Å². The number of hydrogen-bond donors (Lipinski definition) is 1. The lowest BCUT2D eigenvalue weighted by Crippen LogP contribution is -2.61. The second-order valence-corrected chi connectivity index (χ2v) is 9.78. The van der Waals surface area contributed by atoms with E-state index in [9.17, 15) is 9.59 Å². The molecule has 3 aromatic rings. The van der Waals surface area contributed by atoms with E-state index in [0.717, 1.165) is 28.5 Å². The van der Waals surface area contributed by atoms with Crippen molar-refractivity contribution in [1.82, 2.24) is 19.8 Å². The predicted molar refractivity (Wildman–Crippen MR) is 133 cm³/mol. The Labute approximate surface area is 201 Å². The molecule has 0 radical (unpaired) electrons. The molecule has 2 unspecified atom stereocenters. The van der Waals surface area contributed by atoms with Crippen LogP contribution in [0.5, 0.6) is 0 Å². The molecule has 0 saturated carbocycles. The van der Waals surface area contributed by atoms with Crippen LogP contribution < -0.4 is 5.73 Å². The number of carbonyl (C=O) groups is 2. The van der Waals surface area contributed by atoms with E-state index in [2.05, 4.69) is 9.97 Å². The van der Waals surface area contributed by atoms with Crippen molar-refractivity contribution < 1.29 is 9.59 Å². The van der Waals surface area contributed by atoms with E-state index in [4.69, 9.17) is 17.3 Å². The molecule has 0 bridgehead atoms. The number of nitrogens with two attached hydrogens (primary N) is 1. The number of thiophene rings is 1. The van der Waals surface area contributed by atoms with Crippen molar-refractivity contribution in [1.29, 1.82) is 0 Å². The number of fused-ring (bicyclic) bond motifs is 1. The predicted octanol–water partition coefficient (Wildman–Crippen LogP) is 4.37. The molecule has 2 N–H and O–H groups in total. The van der Waals surface area contributed by atoms with Crippen LogP contribution in [-0.4, -0.2) is 50.2 Å². The molecule has 1 aliphatic rings. The second-order valence-electron chi connectivity index (χ2n) is 8.24. The summed E-state index contributed by atoms with van der Waals surface area (Å²) in [5.74, 6) is 0.246. The van der Waals surface area contributed by atoms with Gasteiger partial charge in [-0.2, -0.15) is 0 Å². The van der Waals surface area contributed by atoms with Crippen LogP contribution in [0.25, 0.3) is 17.0 Å². The number of amides is 2. The molecule has 9 heteroatoms. The monoisotopic (exact) mass is 483 g/mol. The van der Waals surface area contributed by atoms with Crippen LogP contribution in [0.2, 0.25) is 4.34 Å². The zero-order valence-corrected chi connectivity index (χ0v) is 20.1. The summed E-state index contributed by atoms with van der Waals surface area (Å²) in [5.41, 5.74) is 8.52. The van der Waals surface area contributed by atoms with Crippen molar-refractivity contribution in [3.8, 4) is 0 Å². The van der Waals surface area contributed by atoms with Crippen molar-refractivity contribution in [2.24, 2.45) is 0 Å². The summed E-state index contributed by atoms with van der Waals surface area (Å²) in [6.07, 6.45) is 6.14. The zero-order valence-electron chi connectivity index (χ0n) is 18.6. The molecular weight excluding hydrogens is 458 g/mol. The Morgan fingerprint density at radius 2 is 2.15 bits per heavy atom. The maximum Gasteiger partial charge on any atom is 0.247 e. The summed E-state index contributed by atoms with van der Waals surface area (Å²) >= 11 is 7.39. The first-order valence-corrected chi connectivity index (χ1v) is 12.2. The quantitative estimate of drug-likeness (QED) is 0.525. The number of benzene rings is 1. The number of aromatic nitrogens is 2.